The Labute approximate surface area is 244 Å². The van der Waals surface area contributed by atoms with Gasteiger partial charge < -0.3 is 10.2 Å². The Bertz CT molecular complexity index is 1550. The molecule has 40 heavy (non-hydrogen) atoms. The molecule has 7 nitrogen and oxygen atoms in total. The van der Waals surface area contributed by atoms with Crippen LogP contribution in [0.5, 0.6) is 0 Å². The zero-order valence-corrected chi connectivity index (χ0v) is 25.7. The quantitative estimate of drug-likeness (QED) is 0.205. The predicted octanol–water partition coefficient (Wildman–Crippen LogP) is 6.86. The minimum atomic E-state index is -3.62. The highest BCUT2D eigenvalue weighted by Gasteiger charge is 2.28. The third-order valence-electron chi connectivity index (χ3n) is 7.26. The molecule has 0 saturated carbocycles. The first kappa shape index (κ1) is 28.9. The standard InChI is InChI=1S/C30H36N4O3S3/c1-4-6-17-34(18-7-5-2)40(36,37)22-14-12-21(13-15-22)28(35)32-30-27(23-16-19-33(3)20-26(23)39-30)29-31-24-10-8-9-11-25(24)38-29/h8-15H,4-7,16-20H2,1-3H3,(H,32,35). The average Bonchev–Trinajstić information content (AvgIpc) is 3.53. The molecule has 1 aliphatic rings. The molecule has 0 bridgehead atoms. The number of sulfonamides is 1. The van der Waals surface area contributed by atoms with Crippen molar-refractivity contribution in [2.24, 2.45) is 0 Å². The normalized spacial score (nSPS) is 14.1. The summed E-state index contributed by atoms with van der Waals surface area (Å²) in [5, 5.41) is 4.86. The van der Waals surface area contributed by atoms with Gasteiger partial charge in [0.25, 0.3) is 5.91 Å². The fourth-order valence-corrected chi connectivity index (χ4v) is 8.90. The molecule has 212 valence electrons. The van der Waals surface area contributed by atoms with E-state index in [1.807, 2.05) is 18.2 Å². The smallest absolute Gasteiger partial charge is 0.256 e. The van der Waals surface area contributed by atoms with Crippen LogP contribution in [0.2, 0.25) is 0 Å². The van der Waals surface area contributed by atoms with Gasteiger partial charge in [0.2, 0.25) is 10.0 Å². The van der Waals surface area contributed by atoms with Crippen LogP contribution in [0.25, 0.3) is 20.8 Å². The predicted molar refractivity (Wildman–Crippen MR) is 166 cm³/mol. The second-order valence-corrected chi connectivity index (χ2v) is 14.3. The lowest BCUT2D eigenvalue weighted by Gasteiger charge is -2.22. The number of thiazole rings is 1. The summed E-state index contributed by atoms with van der Waals surface area (Å²) < 4.78 is 29.4. The number of thiophene rings is 1. The molecule has 10 heteroatoms. The molecule has 4 aromatic rings. The van der Waals surface area contributed by atoms with Crippen LogP contribution in [0, 0.1) is 0 Å². The monoisotopic (exact) mass is 596 g/mol. The van der Waals surface area contributed by atoms with Gasteiger partial charge in [-0.05, 0) is 68.3 Å². The Balaban J connectivity index is 1.42. The summed E-state index contributed by atoms with van der Waals surface area (Å²) in [6.45, 7) is 6.93. The summed E-state index contributed by atoms with van der Waals surface area (Å²) in [4.78, 5) is 22.1. The number of fused-ring (bicyclic) bond motifs is 2. The summed E-state index contributed by atoms with van der Waals surface area (Å²) in [5.41, 5.74) is 3.66. The molecule has 5 rings (SSSR count). The van der Waals surface area contributed by atoms with E-state index in [-0.39, 0.29) is 10.8 Å². The SMILES string of the molecule is CCCCN(CCCC)S(=O)(=O)c1ccc(C(=O)Nc2sc3c(c2-c2nc4ccccc4s2)CCN(C)C3)cc1. The van der Waals surface area contributed by atoms with Crippen LogP contribution in [0.3, 0.4) is 0 Å². The molecule has 0 fully saturated rings. The van der Waals surface area contributed by atoms with Gasteiger partial charge in [0.1, 0.15) is 10.0 Å². The van der Waals surface area contributed by atoms with Crippen molar-refractivity contribution in [3.63, 3.8) is 0 Å². The largest absolute Gasteiger partial charge is 0.313 e. The molecule has 1 N–H and O–H groups in total. The number of rotatable bonds is 11. The summed E-state index contributed by atoms with van der Waals surface area (Å²) in [6, 6.07) is 14.4. The zero-order valence-electron chi connectivity index (χ0n) is 23.3. The minimum absolute atomic E-state index is 0.223. The molecule has 0 radical (unpaired) electrons. The van der Waals surface area contributed by atoms with E-state index in [1.54, 1.807) is 51.2 Å². The van der Waals surface area contributed by atoms with Crippen LogP contribution in [-0.2, 0) is 23.0 Å². The number of anilines is 1. The molecule has 1 amide bonds. The number of aromatic nitrogens is 1. The van der Waals surface area contributed by atoms with E-state index in [0.717, 1.165) is 71.0 Å². The number of carbonyl (C=O) groups is 1. The lowest BCUT2D eigenvalue weighted by atomic mass is 10.0. The molecular weight excluding hydrogens is 561 g/mol. The number of amides is 1. The van der Waals surface area contributed by atoms with Crippen LogP contribution >= 0.6 is 22.7 Å². The van der Waals surface area contributed by atoms with Crippen molar-refractivity contribution in [2.75, 3.05) is 32.0 Å². The minimum Gasteiger partial charge on any atom is -0.313 e. The second-order valence-electron chi connectivity index (χ2n) is 10.3. The summed E-state index contributed by atoms with van der Waals surface area (Å²) in [5.74, 6) is -0.257. The fourth-order valence-electron chi connectivity index (χ4n) is 4.95. The van der Waals surface area contributed by atoms with Crippen LogP contribution in [0.4, 0.5) is 5.00 Å². The topological polar surface area (TPSA) is 82.6 Å². The summed E-state index contributed by atoms with van der Waals surface area (Å²) >= 11 is 3.25. The van der Waals surface area contributed by atoms with E-state index < -0.39 is 10.0 Å². The van der Waals surface area contributed by atoms with E-state index in [2.05, 4.69) is 37.2 Å². The Morgan fingerprint density at radius 2 is 1.73 bits per heavy atom. The van der Waals surface area contributed by atoms with E-state index in [0.29, 0.717) is 18.7 Å². The van der Waals surface area contributed by atoms with Gasteiger partial charge in [-0.25, -0.2) is 13.4 Å². The maximum atomic E-state index is 13.4. The first-order valence-corrected chi connectivity index (χ1v) is 17.0. The number of para-hydroxylation sites is 1. The third kappa shape index (κ3) is 6.01. The molecule has 0 unspecified atom stereocenters. The molecule has 0 saturated heterocycles. The van der Waals surface area contributed by atoms with Gasteiger partial charge in [-0.3, -0.25) is 4.79 Å². The maximum Gasteiger partial charge on any atom is 0.256 e. The molecule has 2 aromatic heterocycles. The number of hydrogen-bond acceptors (Lipinski definition) is 7. The van der Waals surface area contributed by atoms with Crippen molar-refractivity contribution in [3.05, 3.63) is 64.5 Å². The van der Waals surface area contributed by atoms with Gasteiger partial charge in [-0.1, -0.05) is 38.8 Å². The van der Waals surface area contributed by atoms with Gasteiger partial charge >= 0.3 is 0 Å². The van der Waals surface area contributed by atoms with E-state index in [4.69, 9.17) is 4.98 Å². The molecular formula is C30H36N4O3S3. The van der Waals surface area contributed by atoms with Gasteiger partial charge in [0.15, 0.2) is 0 Å². The lowest BCUT2D eigenvalue weighted by molar-refractivity contribution is 0.102. The van der Waals surface area contributed by atoms with Crippen molar-refractivity contribution in [2.45, 2.75) is 57.4 Å². The van der Waals surface area contributed by atoms with Crippen LogP contribution < -0.4 is 5.32 Å². The van der Waals surface area contributed by atoms with Gasteiger partial charge in [-0.15, -0.1) is 22.7 Å². The van der Waals surface area contributed by atoms with Crippen molar-refractivity contribution >= 4 is 53.8 Å². The van der Waals surface area contributed by atoms with Gasteiger partial charge in [0.05, 0.1) is 15.1 Å². The fraction of sp³-hybridized carbons (Fsp3) is 0.400. The first-order chi connectivity index (χ1) is 19.3. The number of nitrogens with one attached hydrogen (secondary N) is 1. The zero-order chi connectivity index (χ0) is 28.3. The van der Waals surface area contributed by atoms with Gasteiger partial charge in [-0.2, -0.15) is 4.31 Å². The average molecular weight is 597 g/mol. The Morgan fingerprint density at radius 1 is 1.02 bits per heavy atom. The number of carbonyl (C=O) groups excluding carboxylic acids is 1. The first-order valence-electron chi connectivity index (χ1n) is 13.9. The Kier molecular flexibility index (Phi) is 9.01. The van der Waals surface area contributed by atoms with Crippen molar-refractivity contribution < 1.29 is 13.2 Å². The third-order valence-corrected chi connectivity index (χ3v) is 11.4. The highest BCUT2D eigenvalue weighted by Crippen LogP contribution is 2.45. The highest BCUT2D eigenvalue weighted by molar-refractivity contribution is 7.89. The summed E-state index contributed by atoms with van der Waals surface area (Å²) in [7, 11) is -1.51. The molecule has 0 spiro atoms. The number of benzene rings is 2. The van der Waals surface area contributed by atoms with Gasteiger partial charge in [0, 0.05) is 42.2 Å². The van der Waals surface area contributed by atoms with Crippen molar-refractivity contribution in [1.29, 1.82) is 0 Å². The second kappa shape index (κ2) is 12.5. The van der Waals surface area contributed by atoms with Crippen molar-refractivity contribution in [3.8, 4) is 10.6 Å². The molecule has 0 aliphatic carbocycles. The molecule has 1 aliphatic heterocycles. The van der Waals surface area contributed by atoms with E-state index in [9.17, 15) is 13.2 Å². The lowest BCUT2D eigenvalue weighted by Crippen LogP contribution is -2.33. The maximum absolute atomic E-state index is 13.4. The molecule has 2 aromatic carbocycles. The highest BCUT2D eigenvalue weighted by atomic mass is 32.2. The van der Waals surface area contributed by atoms with Crippen molar-refractivity contribution in [1.82, 2.24) is 14.2 Å². The Hall–Kier alpha value is -2.63. The number of hydrogen-bond donors (Lipinski definition) is 1. The van der Waals surface area contributed by atoms with Crippen LogP contribution in [0.1, 0.15) is 60.3 Å². The summed E-state index contributed by atoms with van der Waals surface area (Å²) in [6.07, 6.45) is 4.40. The number of unbranched alkanes of at least 4 members (excludes halogenated alkanes) is 2. The number of likely N-dealkylation sites (N-methyl/N-ethyl adjacent to an activating group) is 1. The van der Waals surface area contributed by atoms with Crippen LogP contribution in [0.15, 0.2) is 53.4 Å². The Morgan fingerprint density at radius 3 is 2.40 bits per heavy atom. The molecule has 0 atom stereocenters. The molecule has 3 heterocycles. The van der Waals surface area contributed by atoms with E-state index in [1.165, 1.54) is 10.4 Å². The number of nitrogens with zero attached hydrogens (tertiary/aromatic N) is 3. The van der Waals surface area contributed by atoms with Crippen LogP contribution in [-0.4, -0.2) is 55.2 Å². The van der Waals surface area contributed by atoms with E-state index >= 15 is 0 Å².